The molecule has 0 radical (unpaired) electrons. The number of nitrogens with zero attached hydrogens (tertiary/aromatic N) is 1. The number of ether oxygens (including phenoxy) is 2. The van der Waals surface area contributed by atoms with Crippen LogP contribution < -0.4 is 0 Å². The first kappa shape index (κ1) is 12.7. The van der Waals surface area contributed by atoms with Crippen LogP contribution in [0.2, 0.25) is 0 Å². The highest BCUT2D eigenvalue weighted by Crippen LogP contribution is 2.06. The quantitative estimate of drug-likeness (QED) is 0.558. The second-order valence-electron chi connectivity index (χ2n) is 2.97. The molecule has 0 aliphatic rings. The zero-order valence-electron chi connectivity index (χ0n) is 9.52. The van der Waals surface area contributed by atoms with E-state index in [9.17, 15) is 9.59 Å². The van der Waals surface area contributed by atoms with Crippen LogP contribution in [0, 0.1) is 11.8 Å². The molecule has 0 aromatic carbocycles. The van der Waals surface area contributed by atoms with Gasteiger partial charge in [0.15, 0.2) is 0 Å². The standard InChI is InChI=1S/C12H11NO4/c1-16-11(14)5-3-4-9-8-13-7-6-10(9)12(15)17-2/h6-8H,5H2,1-2H3. The lowest BCUT2D eigenvalue weighted by Gasteiger charge is -2.00. The number of rotatable bonds is 2. The molecule has 0 atom stereocenters. The van der Waals surface area contributed by atoms with E-state index in [0.717, 1.165) is 0 Å². The predicted molar refractivity (Wildman–Crippen MR) is 59.1 cm³/mol. The number of methoxy groups -OCH3 is 2. The third-order valence-corrected chi connectivity index (χ3v) is 1.91. The third kappa shape index (κ3) is 3.61. The molecule has 1 rings (SSSR count). The van der Waals surface area contributed by atoms with Crippen molar-refractivity contribution in [1.82, 2.24) is 4.98 Å². The summed E-state index contributed by atoms with van der Waals surface area (Å²) in [7, 11) is 2.57. The Hall–Kier alpha value is -2.35. The fourth-order valence-electron chi connectivity index (χ4n) is 1.07. The van der Waals surface area contributed by atoms with Crippen molar-refractivity contribution < 1.29 is 19.1 Å². The van der Waals surface area contributed by atoms with Gasteiger partial charge in [-0.25, -0.2) is 4.79 Å². The Labute approximate surface area is 98.8 Å². The maximum atomic E-state index is 11.4. The fraction of sp³-hybridized carbons (Fsp3) is 0.250. The van der Waals surface area contributed by atoms with E-state index in [2.05, 4.69) is 26.3 Å². The van der Waals surface area contributed by atoms with Crippen molar-refractivity contribution in [3.8, 4) is 11.8 Å². The van der Waals surface area contributed by atoms with Gasteiger partial charge in [-0.15, -0.1) is 0 Å². The molecule has 0 bridgehead atoms. The van der Waals surface area contributed by atoms with Crippen LogP contribution in [0.3, 0.4) is 0 Å². The van der Waals surface area contributed by atoms with Gasteiger partial charge in [-0.1, -0.05) is 11.8 Å². The molecule has 0 amide bonds. The Balaban J connectivity index is 2.90. The number of carbonyl (C=O) groups excluding carboxylic acids is 2. The SMILES string of the molecule is COC(=O)CC#Cc1cnccc1C(=O)OC. The van der Waals surface area contributed by atoms with Crippen molar-refractivity contribution in [2.24, 2.45) is 0 Å². The lowest BCUT2D eigenvalue weighted by molar-refractivity contribution is -0.139. The largest absolute Gasteiger partial charge is 0.468 e. The average molecular weight is 233 g/mol. The van der Waals surface area contributed by atoms with E-state index in [1.165, 1.54) is 32.7 Å². The molecule has 0 unspecified atom stereocenters. The monoisotopic (exact) mass is 233 g/mol. The van der Waals surface area contributed by atoms with Crippen molar-refractivity contribution in [2.75, 3.05) is 14.2 Å². The first-order valence-electron chi connectivity index (χ1n) is 4.77. The molecule has 1 heterocycles. The lowest BCUT2D eigenvalue weighted by atomic mass is 10.1. The van der Waals surface area contributed by atoms with Crippen molar-refractivity contribution >= 4 is 11.9 Å². The first-order valence-corrected chi connectivity index (χ1v) is 4.77. The van der Waals surface area contributed by atoms with E-state index < -0.39 is 11.9 Å². The minimum absolute atomic E-state index is 0.0357. The second kappa shape index (κ2) is 6.28. The Morgan fingerprint density at radius 1 is 1.35 bits per heavy atom. The van der Waals surface area contributed by atoms with E-state index >= 15 is 0 Å². The van der Waals surface area contributed by atoms with Crippen molar-refractivity contribution in [2.45, 2.75) is 6.42 Å². The van der Waals surface area contributed by atoms with Gasteiger partial charge in [0.1, 0.15) is 6.42 Å². The molecule has 88 valence electrons. The Kier molecular flexibility index (Phi) is 4.70. The lowest BCUT2D eigenvalue weighted by Crippen LogP contribution is -2.04. The summed E-state index contributed by atoms with van der Waals surface area (Å²) < 4.78 is 9.04. The third-order valence-electron chi connectivity index (χ3n) is 1.91. The molecule has 5 heteroatoms. The van der Waals surface area contributed by atoms with Gasteiger partial charge in [0, 0.05) is 12.4 Å². The topological polar surface area (TPSA) is 65.5 Å². The number of carbonyl (C=O) groups is 2. The molecule has 0 fully saturated rings. The van der Waals surface area contributed by atoms with Crippen LogP contribution in [0.1, 0.15) is 22.3 Å². The number of esters is 2. The molecule has 0 saturated carbocycles. The Bertz CT molecular complexity index is 485. The minimum Gasteiger partial charge on any atom is -0.468 e. The van der Waals surface area contributed by atoms with Crippen LogP contribution in [0.5, 0.6) is 0 Å². The van der Waals surface area contributed by atoms with Gasteiger partial charge >= 0.3 is 11.9 Å². The fourth-order valence-corrected chi connectivity index (χ4v) is 1.07. The molecule has 5 nitrogen and oxygen atoms in total. The second-order valence-corrected chi connectivity index (χ2v) is 2.97. The van der Waals surface area contributed by atoms with E-state index in [-0.39, 0.29) is 6.42 Å². The van der Waals surface area contributed by atoms with Gasteiger partial charge in [0.25, 0.3) is 0 Å². The molecule has 0 N–H and O–H groups in total. The summed E-state index contributed by atoms with van der Waals surface area (Å²) in [5.41, 5.74) is 0.739. The van der Waals surface area contributed by atoms with Gasteiger partial charge in [-0.05, 0) is 6.07 Å². The molecule has 1 aromatic rings. The van der Waals surface area contributed by atoms with Gasteiger partial charge in [-0.3, -0.25) is 9.78 Å². The van der Waals surface area contributed by atoms with E-state index in [0.29, 0.717) is 11.1 Å². The molecule has 0 spiro atoms. The Morgan fingerprint density at radius 2 is 2.12 bits per heavy atom. The molecule has 0 saturated heterocycles. The zero-order valence-corrected chi connectivity index (χ0v) is 9.52. The summed E-state index contributed by atoms with van der Waals surface area (Å²) in [6.45, 7) is 0. The van der Waals surface area contributed by atoms with Crippen LogP contribution in [0.25, 0.3) is 0 Å². The summed E-state index contributed by atoms with van der Waals surface area (Å²) in [4.78, 5) is 26.1. The minimum atomic E-state index is -0.491. The van der Waals surface area contributed by atoms with Crippen molar-refractivity contribution in [1.29, 1.82) is 0 Å². The maximum Gasteiger partial charge on any atom is 0.339 e. The van der Waals surface area contributed by atoms with Crippen LogP contribution in [0.15, 0.2) is 18.5 Å². The molecule has 17 heavy (non-hydrogen) atoms. The van der Waals surface area contributed by atoms with E-state index in [1.54, 1.807) is 0 Å². The van der Waals surface area contributed by atoms with Crippen molar-refractivity contribution in [3.05, 3.63) is 29.6 Å². The van der Waals surface area contributed by atoms with Crippen LogP contribution in [-0.2, 0) is 14.3 Å². The molecular formula is C12H11NO4. The highest BCUT2D eigenvalue weighted by molar-refractivity contribution is 5.92. The van der Waals surface area contributed by atoms with Gasteiger partial charge in [0.05, 0.1) is 25.3 Å². The zero-order chi connectivity index (χ0) is 12.7. The summed E-state index contributed by atoms with van der Waals surface area (Å²) in [6, 6.07) is 1.51. The molecule has 0 aliphatic heterocycles. The van der Waals surface area contributed by atoms with Crippen LogP contribution in [0.4, 0.5) is 0 Å². The number of aromatic nitrogens is 1. The number of pyridine rings is 1. The van der Waals surface area contributed by atoms with Gasteiger partial charge in [-0.2, -0.15) is 0 Å². The first-order chi connectivity index (χ1) is 8.19. The highest BCUT2D eigenvalue weighted by atomic mass is 16.5. The summed E-state index contributed by atoms with van der Waals surface area (Å²) in [6.07, 6.45) is 2.88. The smallest absolute Gasteiger partial charge is 0.339 e. The number of hydrogen-bond acceptors (Lipinski definition) is 5. The maximum absolute atomic E-state index is 11.4. The predicted octanol–water partition coefficient (Wildman–Crippen LogP) is 0.783. The normalized spacial score (nSPS) is 8.82. The Morgan fingerprint density at radius 3 is 2.76 bits per heavy atom. The number of hydrogen-bond donors (Lipinski definition) is 0. The van der Waals surface area contributed by atoms with Crippen LogP contribution in [-0.4, -0.2) is 31.1 Å². The van der Waals surface area contributed by atoms with Gasteiger partial charge in [0.2, 0.25) is 0 Å². The van der Waals surface area contributed by atoms with Gasteiger partial charge < -0.3 is 9.47 Å². The average Bonchev–Trinajstić information content (AvgIpc) is 2.38. The highest BCUT2D eigenvalue weighted by Gasteiger charge is 2.09. The van der Waals surface area contributed by atoms with Crippen molar-refractivity contribution in [3.63, 3.8) is 0 Å². The molecule has 1 aromatic heterocycles. The molecular weight excluding hydrogens is 222 g/mol. The van der Waals surface area contributed by atoms with E-state index in [4.69, 9.17) is 0 Å². The van der Waals surface area contributed by atoms with Crippen LogP contribution >= 0.6 is 0 Å². The summed E-state index contributed by atoms with van der Waals surface area (Å²) in [5, 5.41) is 0. The molecule has 0 aliphatic carbocycles. The summed E-state index contributed by atoms with van der Waals surface area (Å²) >= 11 is 0. The summed E-state index contributed by atoms with van der Waals surface area (Å²) in [5.74, 6) is 4.36. The van der Waals surface area contributed by atoms with E-state index in [1.807, 2.05) is 0 Å².